The Morgan fingerprint density at radius 3 is 2.46 bits per heavy atom. The maximum atomic E-state index is 13.2. The summed E-state index contributed by atoms with van der Waals surface area (Å²) in [5.74, 6) is 0.844. The van der Waals surface area contributed by atoms with Gasteiger partial charge in [0, 0.05) is 21.5 Å². The number of carbonyl (C=O) groups excluding carboxylic acids is 1. The van der Waals surface area contributed by atoms with Crippen molar-refractivity contribution in [2.45, 2.75) is 26.2 Å². The maximum absolute atomic E-state index is 13.2. The molecule has 2 heterocycles. The van der Waals surface area contributed by atoms with E-state index >= 15 is 0 Å². The normalized spacial score (nSPS) is 11.8. The van der Waals surface area contributed by atoms with E-state index in [2.05, 4.69) is 43.4 Å². The van der Waals surface area contributed by atoms with E-state index in [-0.39, 0.29) is 11.3 Å². The minimum atomic E-state index is -0.330. The third-order valence-corrected chi connectivity index (χ3v) is 6.34. The number of nitrogens with one attached hydrogen (secondary N) is 1. The zero-order chi connectivity index (χ0) is 26.0. The minimum absolute atomic E-state index is 0.0568. The molecule has 0 saturated carbocycles. The fraction of sp³-hybridized carbons (Fsp3) is 0.129. The molecule has 3 aromatic carbocycles. The summed E-state index contributed by atoms with van der Waals surface area (Å²) in [6.07, 6.45) is 1.47. The van der Waals surface area contributed by atoms with Gasteiger partial charge >= 0.3 is 0 Å². The van der Waals surface area contributed by atoms with E-state index in [0.29, 0.717) is 22.1 Å². The number of aromatic nitrogens is 1. The van der Waals surface area contributed by atoms with Crippen molar-refractivity contribution >= 4 is 34.6 Å². The summed E-state index contributed by atoms with van der Waals surface area (Å²) < 4.78 is 5.82. The smallest absolute Gasteiger partial charge is 0.272 e. The van der Waals surface area contributed by atoms with Crippen LogP contribution in [0.1, 0.15) is 42.5 Å². The second-order valence-corrected chi connectivity index (χ2v) is 10.2. The Bertz CT molecular complexity index is 1610. The van der Waals surface area contributed by atoms with Crippen LogP contribution in [-0.2, 0) is 5.41 Å². The summed E-state index contributed by atoms with van der Waals surface area (Å²) in [5, 5.41) is 5.51. The summed E-state index contributed by atoms with van der Waals surface area (Å²) in [4.78, 5) is 18.0. The van der Waals surface area contributed by atoms with Crippen LogP contribution < -0.4 is 5.43 Å². The maximum Gasteiger partial charge on any atom is 0.272 e. The highest BCUT2D eigenvalue weighted by Crippen LogP contribution is 2.28. The van der Waals surface area contributed by atoms with Gasteiger partial charge in [-0.2, -0.15) is 5.10 Å². The Kier molecular flexibility index (Phi) is 6.64. The highest BCUT2D eigenvalue weighted by atomic mass is 35.5. The van der Waals surface area contributed by atoms with Gasteiger partial charge in [-0.05, 0) is 47.4 Å². The molecule has 0 aliphatic rings. The second-order valence-electron chi connectivity index (χ2n) is 9.81. The van der Waals surface area contributed by atoms with Crippen LogP contribution in [-0.4, -0.2) is 17.1 Å². The third-order valence-electron chi connectivity index (χ3n) is 6.10. The van der Waals surface area contributed by atoms with E-state index in [1.54, 1.807) is 12.1 Å². The summed E-state index contributed by atoms with van der Waals surface area (Å²) in [7, 11) is 0. The van der Waals surface area contributed by atoms with Gasteiger partial charge in [0.15, 0.2) is 0 Å². The van der Waals surface area contributed by atoms with Crippen LogP contribution in [0.25, 0.3) is 33.5 Å². The number of carbonyl (C=O) groups is 1. The van der Waals surface area contributed by atoms with E-state index in [4.69, 9.17) is 21.0 Å². The molecule has 2 aromatic heterocycles. The number of para-hydroxylation sites is 1. The van der Waals surface area contributed by atoms with Crippen molar-refractivity contribution < 1.29 is 9.21 Å². The highest BCUT2D eigenvalue weighted by Gasteiger charge is 2.16. The summed E-state index contributed by atoms with van der Waals surface area (Å²) >= 11 is 6.07. The van der Waals surface area contributed by atoms with Crippen LogP contribution in [0.4, 0.5) is 0 Å². The molecule has 37 heavy (non-hydrogen) atoms. The van der Waals surface area contributed by atoms with Crippen molar-refractivity contribution in [1.82, 2.24) is 10.4 Å². The van der Waals surface area contributed by atoms with Crippen molar-refractivity contribution in [2.75, 3.05) is 0 Å². The molecule has 184 valence electrons. The Balaban J connectivity index is 1.39. The molecular weight excluding hydrogens is 482 g/mol. The third kappa shape index (κ3) is 5.47. The predicted octanol–water partition coefficient (Wildman–Crippen LogP) is 7.88. The van der Waals surface area contributed by atoms with Gasteiger partial charge in [0.1, 0.15) is 11.5 Å². The molecule has 5 rings (SSSR count). The SMILES string of the molecule is CC(C)(C)c1ccc(-c2cc(C(=O)N/N=C\c3ccc(-c4cccc(Cl)c4)o3)c3ccccc3n2)cc1. The number of hydrogen-bond donors (Lipinski definition) is 1. The first-order chi connectivity index (χ1) is 17.8. The largest absolute Gasteiger partial charge is 0.455 e. The molecule has 5 aromatic rings. The molecule has 5 nitrogen and oxygen atoms in total. The van der Waals surface area contributed by atoms with E-state index in [1.165, 1.54) is 11.8 Å². The molecule has 1 N–H and O–H groups in total. The number of nitrogens with zero attached hydrogens (tertiary/aromatic N) is 2. The fourth-order valence-electron chi connectivity index (χ4n) is 4.09. The summed E-state index contributed by atoms with van der Waals surface area (Å²) in [6, 6.07) is 28.7. The van der Waals surface area contributed by atoms with Crippen molar-refractivity contribution in [1.29, 1.82) is 0 Å². The number of hydrazone groups is 1. The predicted molar refractivity (Wildman–Crippen MR) is 150 cm³/mol. The zero-order valence-electron chi connectivity index (χ0n) is 20.8. The van der Waals surface area contributed by atoms with Crippen LogP contribution in [0, 0.1) is 0 Å². The van der Waals surface area contributed by atoms with Gasteiger partial charge in [0.2, 0.25) is 0 Å². The number of hydrogen-bond acceptors (Lipinski definition) is 4. The van der Waals surface area contributed by atoms with Crippen molar-refractivity contribution in [3.63, 3.8) is 0 Å². The first kappa shape index (κ1) is 24.5. The lowest BCUT2D eigenvalue weighted by Gasteiger charge is -2.19. The number of halogens is 1. The topological polar surface area (TPSA) is 67.5 Å². The van der Waals surface area contributed by atoms with Crippen LogP contribution in [0.2, 0.25) is 5.02 Å². The molecule has 0 spiro atoms. The lowest BCUT2D eigenvalue weighted by molar-refractivity contribution is 0.0956. The summed E-state index contributed by atoms with van der Waals surface area (Å²) in [6.45, 7) is 6.54. The molecule has 0 bridgehead atoms. The van der Waals surface area contributed by atoms with Crippen molar-refractivity contribution in [3.05, 3.63) is 113 Å². The molecular formula is C31H26ClN3O2. The quantitative estimate of drug-likeness (QED) is 0.194. The lowest BCUT2D eigenvalue weighted by atomic mass is 9.86. The molecule has 0 aliphatic carbocycles. The average Bonchev–Trinajstić information content (AvgIpc) is 3.36. The zero-order valence-corrected chi connectivity index (χ0v) is 21.6. The number of benzene rings is 3. The van der Waals surface area contributed by atoms with Gasteiger partial charge in [-0.25, -0.2) is 10.4 Å². The van der Waals surface area contributed by atoms with Crippen LogP contribution in [0.3, 0.4) is 0 Å². The Morgan fingerprint density at radius 1 is 0.919 bits per heavy atom. The Morgan fingerprint density at radius 2 is 1.70 bits per heavy atom. The first-order valence-corrected chi connectivity index (χ1v) is 12.4. The van der Waals surface area contributed by atoms with Crippen molar-refractivity contribution in [3.8, 4) is 22.6 Å². The Labute approximate surface area is 220 Å². The van der Waals surface area contributed by atoms with Crippen LogP contribution in [0.15, 0.2) is 101 Å². The standard InChI is InChI=1S/C31H26ClN3O2/c1-31(2,3)22-13-11-20(12-14-22)28-18-26(25-9-4-5-10-27(25)34-28)30(36)35-33-19-24-15-16-29(37-24)21-7-6-8-23(32)17-21/h4-19H,1-3H3,(H,35,36)/b33-19-. The number of pyridine rings is 1. The fourth-order valence-corrected chi connectivity index (χ4v) is 4.28. The molecule has 1 amide bonds. The number of fused-ring (bicyclic) bond motifs is 1. The molecule has 6 heteroatoms. The highest BCUT2D eigenvalue weighted by molar-refractivity contribution is 6.30. The minimum Gasteiger partial charge on any atom is -0.455 e. The average molecular weight is 508 g/mol. The van der Waals surface area contributed by atoms with Gasteiger partial charge in [0.05, 0.1) is 23.0 Å². The van der Waals surface area contributed by atoms with Gasteiger partial charge in [-0.3, -0.25) is 4.79 Å². The van der Waals surface area contributed by atoms with Crippen LogP contribution >= 0.6 is 11.6 Å². The van der Waals surface area contributed by atoms with E-state index in [0.717, 1.165) is 27.7 Å². The first-order valence-electron chi connectivity index (χ1n) is 12.0. The molecule has 0 atom stereocenters. The van der Waals surface area contributed by atoms with Crippen molar-refractivity contribution in [2.24, 2.45) is 5.10 Å². The molecule has 0 radical (unpaired) electrons. The van der Waals surface area contributed by atoms with Gasteiger partial charge < -0.3 is 4.42 Å². The van der Waals surface area contributed by atoms with E-state index < -0.39 is 0 Å². The second kappa shape index (κ2) is 10.0. The number of furan rings is 1. The van der Waals surface area contributed by atoms with E-state index in [9.17, 15) is 4.79 Å². The summed E-state index contributed by atoms with van der Waals surface area (Å²) in [5.41, 5.74) is 7.70. The molecule has 0 saturated heterocycles. The van der Waals surface area contributed by atoms with Gasteiger partial charge in [0.25, 0.3) is 5.91 Å². The lowest BCUT2D eigenvalue weighted by Crippen LogP contribution is -2.18. The van der Waals surface area contributed by atoms with E-state index in [1.807, 2.05) is 66.7 Å². The van der Waals surface area contributed by atoms with Gasteiger partial charge in [-0.15, -0.1) is 0 Å². The van der Waals surface area contributed by atoms with Crippen LogP contribution in [0.5, 0.6) is 0 Å². The number of rotatable bonds is 5. The molecule has 0 fully saturated rings. The number of amides is 1. The Hall–Kier alpha value is -4.22. The monoisotopic (exact) mass is 507 g/mol. The molecule has 0 aliphatic heterocycles. The van der Waals surface area contributed by atoms with Gasteiger partial charge in [-0.1, -0.05) is 87.0 Å². The molecule has 0 unspecified atom stereocenters.